The van der Waals surface area contributed by atoms with E-state index in [0.29, 0.717) is 19.0 Å². The quantitative estimate of drug-likeness (QED) is 0.251. The Morgan fingerprint density at radius 1 is 0.871 bits per heavy atom. The van der Waals surface area contributed by atoms with Crippen LogP contribution >= 0.6 is 11.8 Å². The highest BCUT2D eigenvalue weighted by Gasteiger charge is 2.16. The molecule has 0 saturated heterocycles. The molecule has 0 radical (unpaired) electrons. The highest BCUT2D eigenvalue weighted by molar-refractivity contribution is 7.99. The van der Waals surface area contributed by atoms with E-state index in [0.717, 1.165) is 28.0 Å². The lowest BCUT2D eigenvalue weighted by molar-refractivity contribution is 0.325. The van der Waals surface area contributed by atoms with Crippen LogP contribution in [0, 0.1) is 5.82 Å². The van der Waals surface area contributed by atoms with Gasteiger partial charge in [0, 0.05) is 17.0 Å². The molecule has 0 saturated carbocycles. The van der Waals surface area contributed by atoms with E-state index in [4.69, 9.17) is 9.47 Å². The zero-order valence-electron chi connectivity index (χ0n) is 17.1. The molecule has 0 N–H and O–H groups in total. The van der Waals surface area contributed by atoms with Gasteiger partial charge >= 0.3 is 0 Å². The molecule has 158 valence electrons. The Balaban J connectivity index is 1.55. The number of benzene rings is 3. The Morgan fingerprint density at radius 2 is 1.61 bits per heavy atom. The molecule has 0 bridgehead atoms. The van der Waals surface area contributed by atoms with E-state index in [-0.39, 0.29) is 11.6 Å². The predicted molar refractivity (Wildman–Crippen MR) is 121 cm³/mol. The summed E-state index contributed by atoms with van der Waals surface area (Å²) in [7, 11) is 0. The van der Waals surface area contributed by atoms with Crippen LogP contribution in [0.3, 0.4) is 0 Å². The number of para-hydroxylation sites is 1. The van der Waals surface area contributed by atoms with Crippen LogP contribution in [0.1, 0.15) is 6.92 Å². The molecule has 31 heavy (non-hydrogen) atoms. The summed E-state index contributed by atoms with van der Waals surface area (Å²) < 4.78 is 26.9. The van der Waals surface area contributed by atoms with Crippen LogP contribution in [0.4, 0.5) is 4.39 Å². The SMILES string of the molecule is CCOc1ccc(-n2c(SCCOc3ccccc3F)nnc2-c2ccccc2)cc1. The first-order valence-corrected chi connectivity index (χ1v) is 11.0. The number of hydrogen-bond donors (Lipinski definition) is 0. The van der Waals surface area contributed by atoms with E-state index in [9.17, 15) is 4.39 Å². The molecule has 4 rings (SSSR count). The minimum Gasteiger partial charge on any atom is -0.494 e. The zero-order chi connectivity index (χ0) is 21.5. The Bertz CT molecular complexity index is 1120. The highest BCUT2D eigenvalue weighted by atomic mass is 32.2. The van der Waals surface area contributed by atoms with Crippen LogP contribution in [-0.4, -0.2) is 33.7 Å². The van der Waals surface area contributed by atoms with Crippen molar-refractivity contribution in [1.82, 2.24) is 14.8 Å². The Labute approximate surface area is 184 Å². The number of nitrogens with zero attached hydrogens (tertiary/aromatic N) is 3. The standard InChI is InChI=1S/C24H22FN3O2S/c1-2-29-20-14-12-19(13-15-20)28-23(18-8-4-3-5-9-18)26-27-24(28)31-17-16-30-22-11-7-6-10-21(22)25/h3-15H,2,16-17H2,1H3. The van der Waals surface area contributed by atoms with Gasteiger partial charge in [0.05, 0.1) is 13.2 Å². The first-order valence-electron chi connectivity index (χ1n) is 10.0. The smallest absolute Gasteiger partial charge is 0.196 e. The summed E-state index contributed by atoms with van der Waals surface area (Å²) in [6.45, 7) is 2.92. The third kappa shape index (κ3) is 5.06. The van der Waals surface area contributed by atoms with Crippen molar-refractivity contribution in [2.24, 2.45) is 0 Å². The van der Waals surface area contributed by atoms with Gasteiger partial charge in [0.1, 0.15) is 5.75 Å². The van der Waals surface area contributed by atoms with Gasteiger partial charge in [-0.25, -0.2) is 4.39 Å². The molecule has 4 aromatic rings. The maximum atomic E-state index is 13.7. The van der Waals surface area contributed by atoms with E-state index >= 15 is 0 Å². The van der Waals surface area contributed by atoms with Gasteiger partial charge in [-0.2, -0.15) is 0 Å². The number of halogens is 1. The van der Waals surface area contributed by atoms with Crippen molar-refractivity contribution in [2.45, 2.75) is 12.1 Å². The predicted octanol–water partition coefficient (Wildman–Crippen LogP) is 5.64. The van der Waals surface area contributed by atoms with Crippen molar-refractivity contribution >= 4 is 11.8 Å². The second-order valence-corrected chi connectivity index (χ2v) is 7.62. The van der Waals surface area contributed by atoms with Gasteiger partial charge in [-0.15, -0.1) is 10.2 Å². The molecule has 1 heterocycles. The second kappa shape index (κ2) is 10.1. The number of thioether (sulfide) groups is 1. The molecule has 3 aromatic carbocycles. The van der Waals surface area contributed by atoms with Crippen LogP contribution in [-0.2, 0) is 0 Å². The van der Waals surface area contributed by atoms with E-state index < -0.39 is 0 Å². The molecule has 0 aliphatic carbocycles. The monoisotopic (exact) mass is 435 g/mol. The van der Waals surface area contributed by atoms with Gasteiger partial charge in [0.25, 0.3) is 0 Å². The summed E-state index contributed by atoms with van der Waals surface area (Å²) in [5.74, 6) is 2.05. The molecule has 5 nitrogen and oxygen atoms in total. The average Bonchev–Trinajstić information content (AvgIpc) is 3.23. The summed E-state index contributed by atoms with van der Waals surface area (Å²) in [6.07, 6.45) is 0. The highest BCUT2D eigenvalue weighted by Crippen LogP contribution is 2.29. The molecule has 0 aliphatic rings. The minimum atomic E-state index is -0.364. The lowest BCUT2D eigenvalue weighted by atomic mass is 10.2. The van der Waals surface area contributed by atoms with Gasteiger partial charge in [-0.05, 0) is 43.3 Å². The van der Waals surface area contributed by atoms with Crippen molar-refractivity contribution < 1.29 is 13.9 Å². The molecular weight excluding hydrogens is 413 g/mol. The molecule has 0 unspecified atom stereocenters. The molecular formula is C24H22FN3O2S. The first kappa shape index (κ1) is 20.9. The second-order valence-electron chi connectivity index (χ2n) is 6.56. The fraction of sp³-hybridized carbons (Fsp3) is 0.167. The van der Waals surface area contributed by atoms with Crippen molar-refractivity contribution in [2.75, 3.05) is 19.0 Å². The Morgan fingerprint density at radius 3 is 2.35 bits per heavy atom. The molecule has 0 atom stereocenters. The fourth-order valence-corrected chi connectivity index (χ4v) is 3.84. The van der Waals surface area contributed by atoms with E-state index in [1.165, 1.54) is 17.8 Å². The van der Waals surface area contributed by atoms with Crippen LogP contribution < -0.4 is 9.47 Å². The summed E-state index contributed by atoms with van der Waals surface area (Å²) >= 11 is 1.51. The normalized spacial score (nSPS) is 10.8. The summed E-state index contributed by atoms with van der Waals surface area (Å²) in [5, 5.41) is 9.57. The third-order valence-corrected chi connectivity index (χ3v) is 5.37. The lowest BCUT2D eigenvalue weighted by Crippen LogP contribution is -2.04. The molecule has 0 spiro atoms. The van der Waals surface area contributed by atoms with Gasteiger partial charge < -0.3 is 9.47 Å². The minimum absolute atomic E-state index is 0.251. The van der Waals surface area contributed by atoms with E-state index in [1.807, 2.05) is 66.1 Å². The fourth-order valence-electron chi connectivity index (χ4n) is 3.07. The molecule has 0 aliphatic heterocycles. The van der Waals surface area contributed by atoms with E-state index in [2.05, 4.69) is 10.2 Å². The van der Waals surface area contributed by atoms with Crippen molar-refractivity contribution in [3.63, 3.8) is 0 Å². The lowest BCUT2D eigenvalue weighted by Gasteiger charge is -2.12. The molecule has 7 heteroatoms. The van der Waals surface area contributed by atoms with Gasteiger partial charge in [-0.1, -0.05) is 54.2 Å². The summed E-state index contributed by atoms with van der Waals surface area (Å²) in [6, 6.07) is 24.2. The molecule has 1 aromatic heterocycles. The number of rotatable bonds is 9. The zero-order valence-corrected chi connectivity index (χ0v) is 17.9. The average molecular weight is 436 g/mol. The molecule has 0 fully saturated rings. The third-order valence-electron chi connectivity index (χ3n) is 4.48. The summed E-state index contributed by atoms with van der Waals surface area (Å²) in [4.78, 5) is 0. The van der Waals surface area contributed by atoms with Gasteiger partial charge in [0.2, 0.25) is 0 Å². The topological polar surface area (TPSA) is 49.2 Å². The maximum Gasteiger partial charge on any atom is 0.196 e. The van der Waals surface area contributed by atoms with Crippen LogP contribution in [0.25, 0.3) is 17.1 Å². The number of hydrogen-bond acceptors (Lipinski definition) is 5. The number of aromatic nitrogens is 3. The first-order chi connectivity index (χ1) is 15.3. The van der Waals surface area contributed by atoms with Crippen molar-refractivity contribution in [3.8, 4) is 28.6 Å². The van der Waals surface area contributed by atoms with Crippen molar-refractivity contribution in [3.05, 3.63) is 84.7 Å². The van der Waals surface area contributed by atoms with Crippen LogP contribution in [0.15, 0.2) is 84.0 Å². The Kier molecular flexibility index (Phi) is 6.84. The van der Waals surface area contributed by atoms with Crippen LogP contribution in [0.2, 0.25) is 0 Å². The Hall–Kier alpha value is -3.32. The maximum absolute atomic E-state index is 13.7. The largest absolute Gasteiger partial charge is 0.494 e. The molecule has 0 amide bonds. The summed E-state index contributed by atoms with van der Waals surface area (Å²) in [5.41, 5.74) is 1.91. The van der Waals surface area contributed by atoms with E-state index in [1.54, 1.807) is 18.2 Å². The van der Waals surface area contributed by atoms with Crippen LogP contribution in [0.5, 0.6) is 11.5 Å². The van der Waals surface area contributed by atoms with Gasteiger partial charge in [-0.3, -0.25) is 4.57 Å². The van der Waals surface area contributed by atoms with Crippen molar-refractivity contribution in [1.29, 1.82) is 0 Å². The number of ether oxygens (including phenoxy) is 2. The van der Waals surface area contributed by atoms with Gasteiger partial charge in [0.15, 0.2) is 22.5 Å².